The van der Waals surface area contributed by atoms with E-state index in [1.54, 1.807) is 29.9 Å². The van der Waals surface area contributed by atoms with Crippen LogP contribution in [0.3, 0.4) is 0 Å². The molecule has 27 heavy (non-hydrogen) atoms. The quantitative estimate of drug-likeness (QED) is 0.671. The number of aryl methyl sites for hydroxylation is 1. The van der Waals surface area contributed by atoms with Gasteiger partial charge in [-0.25, -0.2) is 9.67 Å². The van der Waals surface area contributed by atoms with Crippen LogP contribution in [-0.2, 0) is 4.79 Å². The van der Waals surface area contributed by atoms with E-state index in [9.17, 15) is 4.79 Å². The standard InChI is InChI=1S/C21H24N4O2/c1-15-5-11-20(12-6-15)27-17(3)21(26)24(4)16(2)18-7-9-19(10-8-18)25-14-22-13-23-25/h5-14,16-17H,1-4H3/t16-,17-/m1/s1. The normalized spacial score (nSPS) is 13.0. The molecule has 0 spiro atoms. The molecular formula is C21H24N4O2. The summed E-state index contributed by atoms with van der Waals surface area (Å²) < 4.78 is 7.49. The van der Waals surface area contributed by atoms with Crippen LogP contribution >= 0.6 is 0 Å². The fraction of sp³-hybridized carbons (Fsp3) is 0.286. The number of hydrogen-bond donors (Lipinski definition) is 0. The van der Waals surface area contributed by atoms with Gasteiger partial charge in [0.15, 0.2) is 6.10 Å². The molecule has 0 saturated heterocycles. The van der Waals surface area contributed by atoms with Crippen LogP contribution in [0.2, 0.25) is 0 Å². The van der Waals surface area contributed by atoms with Crippen molar-refractivity contribution in [2.45, 2.75) is 32.9 Å². The minimum atomic E-state index is -0.561. The minimum absolute atomic E-state index is 0.0663. The topological polar surface area (TPSA) is 60.2 Å². The van der Waals surface area contributed by atoms with Crippen LogP contribution in [0.5, 0.6) is 5.75 Å². The number of nitrogens with zero attached hydrogens (tertiary/aromatic N) is 4. The van der Waals surface area contributed by atoms with E-state index in [0.29, 0.717) is 5.75 Å². The van der Waals surface area contributed by atoms with Gasteiger partial charge in [0, 0.05) is 7.05 Å². The van der Waals surface area contributed by atoms with Gasteiger partial charge in [0.25, 0.3) is 5.91 Å². The number of amides is 1. The molecule has 140 valence electrons. The molecule has 2 atom stereocenters. The second-order valence-electron chi connectivity index (χ2n) is 6.63. The van der Waals surface area contributed by atoms with E-state index >= 15 is 0 Å². The lowest BCUT2D eigenvalue weighted by molar-refractivity contribution is -0.138. The van der Waals surface area contributed by atoms with Gasteiger partial charge in [0.05, 0.1) is 11.7 Å². The summed E-state index contributed by atoms with van der Waals surface area (Å²) in [6.45, 7) is 5.79. The molecule has 0 saturated carbocycles. The zero-order chi connectivity index (χ0) is 19.4. The Morgan fingerprint density at radius 2 is 1.74 bits per heavy atom. The lowest BCUT2D eigenvalue weighted by Crippen LogP contribution is -2.39. The van der Waals surface area contributed by atoms with Crippen LogP contribution in [0.25, 0.3) is 5.69 Å². The zero-order valence-corrected chi connectivity index (χ0v) is 16.0. The average molecular weight is 364 g/mol. The summed E-state index contributed by atoms with van der Waals surface area (Å²) in [5, 5.41) is 4.12. The molecule has 6 heteroatoms. The van der Waals surface area contributed by atoms with Crippen LogP contribution in [0.15, 0.2) is 61.2 Å². The molecule has 0 aliphatic rings. The van der Waals surface area contributed by atoms with E-state index in [2.05, 4.69) is 10.1 Å². The average Bonchev–Trinajstić information content (AvgIpc) is 3.23. The van der Waals surface area contributed by atoms with Crippen LogP contribution in [0.4, 0.5) is 0 Å². The van der Waals surface area contributed by atoms with Gasteiger partial charge in [-0.2, -0.15) is 5.10 Å². The zero-order valence-electron chi connectivity index (χ0n) is 16.0. The maximum absolute atomic E-state index is 12.8. The molecule has 0 N–H and O–H groups in total. The Hall–Kier alpha value is -3.15. The highest BCUT2D eigenvalue weighted by Gasteiger charge is 2.24. The molecule has 1 amide bonds. The molecule has 3 rings (SSSR count). The Balaban J connectivity index is 1.65. The molecule has 0 aliphatic heterocycles. The van der Waals surface area contributed by atoms with Gasteiger partial charge in [-0.1, -0.05) is 29.8 Å². The van der Waals surface area contributed by atoms with Gasteiger partial charge in [-0.05, 0) is 50.6 Å². The fourth-order valence-corrected chi connectivity index (χ4v) is 2.82. The van der Waals surface area contributed by atoms with Gasteiger partial charge in [0.2, 0.25) is 0 Å². The molecule has 0 unspecified atom stereocenters. The Kier molecular flexibility index (Phi) is 5.54. The molecule has 3 aromatic rings. The van der Waals surface area contributed by atoms with Crippen LogP contribution < -0.4 is 4.74 Å². The maximum atomic E-state index is 12.8. The summed E-state index contributed by atoms with van der Waals surface area (Å²) >= 11 is 0. The summed E-state index contributed by atoms with van der Waals surface area (Å²) in [6.07, 6.45) is 2.59. The first kappa shape index (κ1) is 18.6. The van der Waals surface area contributed by atoms with E-state index in [1.807, 2.05) is 62.4 Å². The molecule has 0 bridgehead atoms. The van der Waals surface area contributed by atoms with Gasteiger partial charge in [0.1, 0.15) is 18.4 Å². The Morgan fingerprint density at radius 3 is 2.33 bits per heavy atom. The minimum Gasteiger partial charge on any atom is -0.481 e. The largest absolute Gasteiger partial charge is 0.481 e. The first-order chi connectivity index (χ1) is 13.0. The molecule has 6 nitrogen and oxygen atoms in total. The molecule has 1 heterocycles. The second kappa shape index (κ2) is 8.03. The highest BCUT2D eigenvalue weighted by Crippen LogP contribution is 2.22. The number of hydrogen-bond acceptors (Lipinski definition) is 4. The van der Waals surface area contributed by atoms with Crippen molar-refractivity contribution in [1.29, 1.82) is 0 Å². The number of rotatable bonds is 6. The Bertz CT molecular complexity index is 874. The number of likely N-dealkylation sites (N-methyl/N-ethyl adjacent to an activating group) is 1. The third-order valence-electron chi connectivity index (χ3n) is 4.67. The predicted molar refractivity (Wildman–Crippen MR) is 104 cm³/mol. The van der Waals surface area contributed by atoms with Crippen LogP contribution in [-0.4, -0.2) is 38.7 Å². The van der Waals surface area contributed by atoms with Crippen LogP contribution in [0, 0.1) is 6.92 Å². The first-order valence-electron chi connectivity index (χ1n) is 8.90. The number of carbonyl (C=O) groups excluding carboxylic acids is 1. The van der Waals surface area contributed by atoms with Crippen molar-refractivity contribution in [3.8, 4) is 11.4 Å². The molecule has 0 radical (unpaired) electrons. The third kappa shape index (κ3) is 4.34. The van der Waals surface area contributed by atoms with Crippen molar-refractivity contribution >= 4 is 5.91 Å². The van der Waals surface area contributed by atoms with E-state index in [0.717, 1.165) is 16.8 Å². The summed E-state index contributed by atoms with van der Waals surface area (Å²) in [6, 6.07) is 15.5. The second-order valence-corrected chi connectivity index (χ2v) is 6.63. The number of carbonyl (C=O) groups is 1. The van der Waals surface area contributed by atoms with Crippen LogP contribution in [0.1, 0.15) is 31.0 Å². The lowest BCUT2D eigenvalue weighted by Gasteiger charge is -2.28. The van der Waals surface area contributed by atoms with Gasteiger partial charge in [-0.3, -0.25) is 4.79 Å². The summed E-state index contributed by atoms with van der Waals surface area (Å²) in [5.74, 6) is 0.628. The number of aromatic nitrogens is 3. The Morgan fingerprint density at radius 1 is 1.07 bits per heavy atom. The molecule has 1 aromatic heterocycles. The predicted octanol–water partition coefficient (Wildman–Crippen LogP) is 3.56. The maximum Gasteiger partial charge on any atom is 0.263 e. The molecule has 2 aromatic carbocycles. The summed E-state index contributed by atoms with van der Waals surface area (Å²) in [4.78, 5) is 18.4. The van der Waals surface area contributed by atoms with Crippen molar-refractivity contribution in [1.82, 2.24) is 19.7 Å². The highest BCUT2D eigenvalue weighted by molar-refractivity contribution is 5.81. The summed E-state index contributed by atoms with van der Waals surface area (Å²) in [5.41, 5.74) is 3.12. The van der Waals surface area contributed by atoms with E-state index < -0.39 is 6.10 Å². The van der Waals surface area contributed by atoms with Crippen molar-refractivity contribution in [3.63, 3.8) is 0 Å². The summed E-state index contributed by atoms with van der Waals surface area (Å²) in [7, 11) is 1.80. The molecule has 0 fully saturated rings. The SMILES string of the molecule is Cc1ccc(O[C@H](C)C(=O)N(C)[C@H](C)c2ccc(-n3cncn3)cc2)cc1. The van der Waals surface area contributed by atoms with Gasteiger partial charge >= 0.3 is 0 Å². The van der Waals surface area contributed by atoms with E-state index in [-0.39, 0.29) is 11.9 Å². The van der Waals surface area contributed by atoms with Crippen molar-refractivity contribution in [3.05, 3.63) is 72.3 Å². The molecule has 0 aliphatic carbocycles. The number of benzene rings is 2. The molecular weight excluding hydrogens is 340 g/mol. The third-order valence-corrected chi connectivity index (χ3v) is 4.67. The Labute approximate surface area is 159 Å². The van der Waals surface area contributed by atoms with E-state index in [4.69, 9.17) is 4.74 Å². The fourth-order valence-electron chi connectivity index (χ4n) is 2.82. The van der Waals surface area contributed by atoms with Crippen molar-refractivity contribution < 1.29 is 9.53 Å². The number of ether oxygens (including phenoxy) is 1. The van der Waals surface area contributed by atoms with Crippen molar-refractivity contribution in [2.75, 3.05) is 7.05 Å². The first-order valence-corrected chi connectivity index (χ1v) is 8.90. The van der Waals surface area contributed by atoms with Gasteiger partial charge in [-0.15, -0.1) is 0 Å². The van der Waals surface area contributed by atoms with Gasteiger partial charge < -0.3 is 9.64 Å². The van der Waals surface area contributed by atoms with E-state index in [1.165, 1.54) is 6.33 Å². The smallest absolute Gasteiger partial charge is 0.263 e. The monoisotopic (exact) mass is 364 g/mol. The highest BCUT2D eigenvalue weighted by atomic mass is 16.5. The van der Waals surface area contributed by atoms with Crippen molar-refractivity contribution in [2.24, 2.45) is 0 Å². The lowest BCUT2D eigenvalue weighted by atomic mass is 10.1.